The number of thiophene rings is 1. The van der Waals surface area contributed by atoms with Crippen LogP contribution in [0.5, 0.6) is 0 Å². The topological polar surface area (TPSA) is 63.5 Å². The van der Waals surface area contributed by atoms with Gasteiger partial charge in [0.25, 0.3) is 11.6 Å². The first-order valence-corrected chi connectivity index (χ1v) is 7.26. The number of nitrogens with zero attached hydrogens (tertiary/aromatic N) is 2. The number of nitro benzene ring substituents is 1. The van der Waals surface area contributed by atoms with Gasteiger partial charge in [-0.15, -0.1) is 11.3 Å². The number of nitro groups is 1. The second-order valence-corrected chi connectivity index (χ2v) is 6.15. The van der Waals surface area contributed by atoms with Gasteiger partial charge in [-0.3, -0.25) is 14.9 Å². The van der Waals surface area contributed by atoms with Crippen molar-refractivity contribution in [1.29, 1.82) is 0 Å². The number of carbonyl (C=O) groups excluding carboxylic acids is 1. The smallest absolute Gasteiger partial charge is 0.274 e. The third-order valence-corrected chi connectivity index (χ3v) is 4.46. The summed E-state index contributed by atoms with van der Waals surface area (Å²) in [6.45, 7) is 4.15. The predicted octanol–water partition coefficient (Wildman–Crippen LogP) is 3.55. The van der Waals surface area contributed by atoms with Crippen molar-refractivity contribution in [3.05, 3.63) is 61.3 Å². The number of hydrogen-bond donors (Lipinski definition) is 0. The SMILES string of the molecule is Cc1cc(C(=O)N(C)Cc2ccccc2[N+](=O)[O-])sc1C. The monoisotopic (exact) mass is 304 g/mol. The molecular formula is C15H16N2O3S. The maximum atomic E-state index is 12.4. The summed E-state index contributed by atoms with van der Waals surface area (Å²) < 4.78 is 0. The fourth-order valence-corrected chi connectivity index (χ4v) is 3.05. The molecule has 0 spiro atoms. The second-order valence-electron chi connectivity index (χ2n) is 4.90. The molecule has 0 radical (unpaired) electrons. The summed E-state index contributed by atoms with van der Waals surface area (Å²) in [4.78, 5) is 26.2. The van der Waals surface area contributed by atoms with Crippen LogP contribution in [0, 0.1) is 24.0 Å². The molecule has 0 aliphatic heterocycles. The third kappa shape index (κ3) is 3.28. The Morgan fingerprint density at radius 3 is 2.57 bits per heavy atom. The minimum atomic E-state index is -0.424. The largest absolute Gasteiger partial charge is 0.336 e. The van der Waals surface area contributed by atoms with Crippen LogP contribution in [0.3, 0.4) is 0 Å². The number of rotatable bonds is 4. The molecule has 1 amide bonds. The van der Waals surface area contributed by atoms with Gasteiger partial charge in [0.05, 0.1) is 16.3 Å². The van der Waals surface area contributed by atoms with E-state index in [9.17, 15) is 14.9 Å². The molecule has 110 valence electrons. The van der Waals surface area contributed by atoms with E-state index in [1.54, 1.807) is 25.2 Å². The summed E-state index contributed by atoms with van der Waals surface area (Å²) in [7, 11) is 1.66. The van der Waals surface area contributed by atoms with E-state index < -0.39 is 4.92 Å². The van der Waals surface area contributed by atoms with Crippen molar-refractivity contribution < 1.29 is 9.72 Å². The Bertz CT molecular complexity index is 674. The van der Waals surface area contributed by atoms with Gasteiger partial charge in [0.2, 0.25) is 0 Å². The first-order valence-electron chi connectivity index (χ1n) is 6.45. The predicted molar refractivity (Wildman–Crippen MR) is 82.7 cm³/mol. The maximum Gasteiger partial charge on any atom is 0.274 e. The van der Waals surface area contributed by atoms with Crippen LogP contribution in [-0.2, 0) is 6.54 Å². The summed E-state index contributed by atoms with van der Waals surface area (Å²) in [6.07, 6.45) is 0. The van der Waals surface area contributed by atoms with Crippen LogP contribution in [-0.4, -0.2) is 22.8 Å². The van der Waals surface area contributed by atoms with E-state index in [1.807, 2.05) is 19.9 Å². The fourth-order valence-electron chi connectivity index (χ4n) is 2.02. The van der Waals surface area contributed by atoms with Crippen molar-refractivity contribution >= 4 is 22.9 Å². The van der Waals surface area contributed by atoms with Gasteiger partial charge in [0.15, 0.2) is 0 Å². The van der Waals surface area contributed by atoms with Crippen molar-refractivity contribution in [1.82, 2.24) is 4.90 Å². The van der Waals surface area contributed by atoms with Crippen molar-refractivity contribution in [3.8, 4) is 0 Å². The first kappa shape index (κ1) is 15.2. The summed E-state index contributed by atoms with van der Waals surface area (Å²) in [5.41, 5.74) is 1.65. The van der Waals surface area contributed by atoms with Crippen LogP contribution in [0.4, 0.5) is 5.69 Å². The van der Waals surface area contributed by atoms with Gasteiger partial charge in [0.1, 0.15) is 0 Å². The zero-order chi connectivity index (χ0) is 15.6. The van der Waals surface area contributed by atoms with Crippen LogP contribution in [0.2, 0.25) is 0 Å². The van der Waals surface area contributed by atoms with Crippen LogP contribution in [0.25, 0.3) is 0 Å². The molecule has 21 heavy (non-hydrogen) atoms. The summed E-state index contributed by atoms with van der Waals surface area (Å²) in [5.74, 6) is -0.116. The van der Waals surface area contributed by atoms with Crippen LogP contribution >= 0.6 is 11.3 Å². The Hall–Kier alpha value is -2.21. The molecule has 1 heterocycles. The molecule has 2 rings (SSSR count). The van der Waals surface area contributed by atoms with Gasteiger partial charge in [-0.05, 0) is 25.5 Å². The van der Waals surface area contributed by atoms with E-state index in [0.29, 0.717) is 10.4 Å². The summed E-state index contributed by atoms with van der Waals surface area (Å²) in [6, 6.07) is 8.34. The lowest BCUT2D eigenvalue weighted by Gasteiger charge is -2.16. The second kappa shape index (κ2) is 6.05. The number of hydrogen-bond acceptors (Lipinski definition) is 4. The van der Waals surface area contributed by atoms with E-state index in [2.05, 4.69) is 0 Å². The number of amides is 1. The zero-order valence-electron chi connectivity index (χ0n) is 12.1. The number of benzene rings is 1. The van der Waals surface area contributed by atoms with Crippen LogP contribution in [0.15, 0.2) is 30.3 Å². The van der Waals surface area contributed by atoms with E-state index >= 15 is 0 Å². The van der Waals surface area contributed by atoms with Gasteiger partial charge in [0, 0.05) is 23.6 Å². The normalized spacial score (nSPS) is 10.4. The average molecular weight is 304 g/mol. The summed E-state index contributed by atoms with van der Waals surface area (Å²) >= 11 is 1.45. The molecule has 1 aromatic carbocycles. The third-order valence-electron chi connectivity index (χ3n) is 3.32. The molecule has 0 bridgehead atoms. The van der Waals surface area contributed by atoms with Gasteiger partial charge in [-0.25, -0.2) is 0 Å². The van der Waals surface area contributed by atoms with E-state index in [1.165, 1.54) is 22.3 Å². The van der Waals surface area contributed by atoms with Crippen molar-refractivity contribution in [3.63, 3.8) is 0 Å². The summed E-state index contributed by atoms with van der Waals surface area (Å²) in [5, 5.41) is 11.0. The highest BCUT2D eigenvalue weighted by Gasteiger charge is 2.19. The highest BCUT2D eigenvalue weighted by atomic mass is 32.1. The van der Waals surface area contributed by atoms with Crippen molar-refractivity contribution in [2.24, 2.45) is 0 Å². The zero-order valence-corrected chi connectivity index (χ0v) is 12.9. The Balaban J connectivity index is 2.20. The van der Waals surface area contributed by atoms with Gasteiger partial charge < -0.3 is 4.90 Å². The highest BCUT2D eigenvalue weighted by Crippen LogP contribution is 2.24. The first-order chi connectivity index (χ1) is 9.90. The lowest BCUT2D eigenvalue weighted by Crippen LogP contribution is -2.25. The van der Waals surface area contributed by atoms with Crippen LogP contribution < -0.4 is 0 Å². The molecule has 6 heteroatoms. The molecule has 0 unspecified atom stereocenters. The van der Waals surface area contributed by atoms with E-state index in [-0.39, 0.29) is 18.1 Å². The minimum absolute atomic E-state index is 0.0377. The molecule has 0 aliphatic rings. The van der Waals surface area contributed by atoms with Crippen molar-refractivity contribution in [2.45, 2.75) is 20.4 Å². The minimum Gasteiger partial charge on any atom is -0.336 e. The van der Waals surface area contributed by atoms with E-state index in [0.717, 1.165) is 10.4 Å². The average Bonchev–Trinajstić information content (AvgIpc) is 2.78. The van der Waals surface area contributed by atoms with Crippen LogP contribution in [0.1, 0.15) is 25.7 Å². The molecule has 0 fully saturated rings. The lowest BCUT2D eigenvalue weighted by molar-refractivity contribution is -0.385. The molecular weight excluding hydrogens is 288 g/mol. The lowest BCUT2D eigenvalue weighted by atomic mass is 10.1. The Morgan fingerprint density at radius 2 is 2.00 bits per heavy atom. The Morgan fingerprint density at radius 1 is 1.33 bits per heavy atom. The molecule has 0 saturated carbocycles. The van der Waals surface area contributed by atoms with Crippen molar-refractivity contribution in [2.75, 3.05) is 7.05 Å². The van der Waals surface area contributed by atoms with Gasteiger partial charge >= 0.3 is 0 Å². The van der Waals surface area contributed by atoms with Gasteiger partial charge in [-0.2, -0.15) is 0 Å². The molecule has 0 atom stereocenters. The molecule has 1 aromatic heterocycles. The number of carbonyl (C=O) groups is 1. The number of para-hydroxylation sites is 1. The molecule has 2 aromatic rings. The molecule has 0 N–H and O–H groups in total. The Labute approximate surface area is 127 Å². The molecule has 0 saturated heterocycles. The quantitative estimate of drug-likeness (QED) is 0.641. The standard InChI is InChI=1S/C15H16N2O3S/c1-10-8-14(21-11(10)2)15(18)16(3)9-12-6-4-5-7-13(12)17(19)20/h4-8H,9H2,1-3H3. The molecule has 0 aliphatic carbocycles. The maximum absolute atomic E-state index is 12.4. The van der Waals surface area contributed by atoms with Gasteiger partial charge in [-0.1, -0.05) is 18.2 Å². The number of aryl methyl sites for hydroxylation is 2. The Kier molecular flexibility index (Phi) is 4.37. The fraction of sp³-hybridized carbons (Fsp3) is 0.267. The molecule has 5 nitrogen and oxygen atoms in total. The highest BCUT2D eigenvalue weighted by molar-refractivity contribution is 7.14. The van der Waals surface area contributed by atoms with E-state index in [4.69, 9.17) is 0 Å².